The maximum Gasteiger partial charge on any atom is 0.226 e. The topological polar surface area (TPSA) is 83.3 Å². The summed E-state index contributed by atoms with van der Waals surface area (Å²) in [6, 6.07) is 7.81. The quantitative estimate of drug-likeness (QED) is 0.325. The third-order valence-corrected chi connectivity index (χ3v) is 4.52. The summed E-state index contributed by atoms with van der Waals surface area (Å²) in [4.78, 5) is 16.0. The van der Waals surface area contributed by atoms with Gasteiger partial charge < -0.3 is 16.0 Å². The number of benzene rings is 1. The standard InChI is InChI=1S/C20H30N6O.HI/c1-13(2)19(27)24-17-9-7-16(8-10-17)11-22-20(21-5)23-12-18-14(3)25-26(6)15(18)4;/h7-10,13H,11-12H2,1-6H3,(H,24,27)(H2,21,22,23);1H. The molecule has 0 atom stereocenters. The van der Waals surface area contributed by atoms with Crippen LogP contribution in [0.4, 0.5) is 5.69 Å². The number of aryl methyl sites for hydroxylation is 2. The van der Waals surface area contributed by atoms with Crippen molar-refractivity contribution >= 4 is 41.5 Å². The van der Waals surface area contributed by atoms with E-state index < -0.39 is 0 Å². The van der Waals surface area contributed by atoms with Crippen LogP contribution in [-0.2, 0) is 24.9 Å². The van der Waals surface area contributed by atoms with E-state index in [1.54, 1.807) is 7.05 Å². The Morgan fingerprint density at radius 1 is 1.14 bits per heavy atom. The number of hydrogen-bond acceptors (Lipinski definition) is 3. The third-order valence-electron chi connectivity index (χ3n) is 4.52. The maximum absolute atomic E-state index is 11.7. The van der Waals surface area contributed by atoms with Gasteiger partial charge in [-0.25, -0.2) is 0 Å². The number of hydrogen-bond donors (Lipinski definition) is 3. The number of guanidine groups is 1. The van der Waals surface area contributed by atoms with E-state index in [9.17, 15) is 4.79 Å². The Hall–Kier alpha value is -2.10. The fraction of sp³-hybridized carbons (Fsp3) is 0.450. The van der Waals surface area contributed by atoms with Crippen LogP contribution in [0.2, 0.25) is 0 Å². The fourth-order valence-electron chi connectivity index (χ4n) is 2.64. The Labute approximate surface area is 184 Å². The van der Waals surface area contributed by atoms with Crippen molar-refractivity contribution in [3.05, 3.63) is 46.8 Å². The van der Waals surface area contributed by atoms with Crippen LogP contribution in [0.15, 0.2) is 29.3 Å². The summed E-state index contributed by atoms with van der Waals surface area (Å²) in [6.45, 7) is 9.14. The van der Waals surface area contributed by atoms with Crippen LogP contribution in [0.25, 0.3) is 0 Å². The number of nitrogens with zero attached hydrogens (tertiary/aromatic N) is 3. The fourth-order valence-corrected chi connectivity index (χ4v) is 2.64. The number of aliphatic imine (C=N–C) groups is 1. The molecule has 7 nitrogen and oxygen atoms in total. The van der Waals surface area contributed by atoms with E-state index in [1.165, 1.54) is 5.56 Å². The molecule has 0 radical (unpaired) electrons. The Balaban J connectivity index is 0.00000392. The second-order valence-electron chi connectivity index (χ2n) is 6.89. The number of aromatic nitrogens is 2. The minimum Gasteiger partial charge on any atom is -0.352 e. The highest BCUT2D eigenvalue weighted by Crippen LogP contribution is 2.12. The van der Waals surface area contributed by atoms with Crippen LogP contribution in [0.5, 0.6) is 0 Å². The lowest BCUT2D eigenvalue weighted by Crippen LogP contribution is -2.36. The van der Waals surface area contributed by atoms with Gasteiger partial charge in [-0.15, -0.1) is 24.0 Å². The molecular weight excluding hydrogens is 467 g/mol. The van der Waals surface area contributed by atoms with Crippen LogP contribution in [0, 0.1) is 19.8 Å². The van der Waals surface area contributed by atoms with Crippen molar-refractivity contribution in [3.8, 4) is 0 Å². The normalized spacial score (nSPS) is 11.2. The van der Waals surface area contributed by atoms with Crippen LogP contribution in [0.3, 0.4) is 0 Å². The lowest BCUT2D eigenvalue weighted by atomic mass is 10.1. The van der Waals surface area contributed by atoms with Crippen LogP contribution in [0.1, 0.15) is 36.4 Å². The first-order valence-corrected chi connectivity index (χ1v) is 9.15. The molecule has 0 aliphatic rings. The first-order valence-electron chi connectivity index (χ1n) is 9.15. The van der Waals surface area contributed by atoms with Crippen molar-refractivity contribution in [2.45, 2.75) is 40.8 Å². The molecule has 28 heavy (non-hydrogen) atoms. The smallest absolute Gasteiger partial charge is 0.226 e. The molecule has 1 amide bonds. The lowest BCUT2D eigenvalue weighted by Gasteiger charge is -2.13. The maximum atomic E-state index is 11.7. The van der Waals surface area contributed by atoms with E-state index in [-0.39, 0.29) is 35.8 Å². The van der Waals surface area contributed by atoms with E-state index in [4.69, 9.17) is 0 Å². The van der Waals surface area contributed by atoms with E-state index in [0.29, 0.717) is 13.1 Å². The number of carbonyl (C=O) groups excluding carboxylic acids is 1. The SMILES string of the molecule is CN=C(NCc1ccc(NC(=O)C(C)C)cc1)NCc1c(C)nn(C)c1C.I. The second-order valence-corrected chi connectivity index (χ2v) is 6.89. The molecule has 0 saturated carbocycles. The Morgan fingerprint density at radius 2 is 1.75 bits per heavy atom. The van der Waals surface area contributed by atoms with Gasteiger partial charge in [0.1, 0.15) is 0 Å². The molecule has 1 heterocycles. The number of carbonyl (C=O) groups is 1. The van der Waals surface area contributed by atoms with Crippen molar-refractivity contribution < 1.29 is 4.79 Å². The molecule has 0 fully saturated rings. The molecule has 2 aromatic rings. The zero-order valence-corrected chi connectivity index (χ0v) is 19.8. The molecule has 0 spiro atoms. The van der Waals surface area contributed by atoms with Crippen molar-refractivity contribution in [2.24, 2.45) is 18.0 Å². The van der Waals surface area contributed by atoms with Crippen molar-refractivity contribution in [2.75, 3.05) is 12.4 Å². The van der Waals surface area contributed by atoms with Gasteiger partial charge in [-0.3, -0.25) is 14.5 Å². The Kier molecular flexibility index (Phi) is 9.44. The number of nitrogens with one attached hydrogen (secondary N) is 3. The molecule has 2 rings (SSSR count). The predicted octanol–water partition coefficient (Wildman–Crippen LogP) is 3.11. The van der Waals surface area contributed by atoms with Crippen LogP contribution < -0.4 is 16.0 Å². The molecule has 1 aromatic heterocycles. The number of halogens is 1. The summed E-state index contributed by atoms with van der Waals surface area (Å²) in [5.74, 6) is 0.717. The van der Waals surface area contributed by atoms with E-state index in [2.05, 4.69) is 33.0 Å². The van der Waals surface area contributed by atoms with Gasteiger partial charge in [0.15, 0.2) is 5.96 Å². The van der Waals surface area contributed by atoms with Gasteiger partial charge in [0, 0.05) is 50.0 Å². The van der Waals surface area contributed by atoms with Gasteiger partial charge in [-0.1, -0.05) is 26.0 Å². The molecule has 0 aliphatic heterocycles. The van der Waals surface area contributed by atoms with Crippen molar-refractivity contribution in [1.82, 2.24) is 20.4 Å². The molecule has 0 bridgehead atoms. The average molecular weight is 498 g/mol. The molecule has 0 aliphatic carbocycles. The van der Waals surface area contributed by atoms with E-state index in [1.807, 2.05) is 56.8 Å². The van der Waals surface area contributed by atoms with E-state index in [0.717, 1.165) is 28.6 Å². The molecule has 0 unspecified atom stereocenters. The summed E-state index contributed by atoms with van der Waals surface area (Å²) < 4.78 is 1.89. The summed E-state index contributed by atoms with van der Waals surface area (Å²) >= 11 is 0. The lowest BCUT2D eigenvalue weighted by molar-refractivity contribution is -0.118. The zero-order chi connectivity index (χ0) is 20.0. The highest BCUT2D eigenvalue weighted by molar-refractivity contribution is 14.0. The largest absolute Gasteiger partial charge is 0.352 e. The van der Waals surface area contributed by atoms with Gasteiger partial charge in [0.2, 0.25) is 5.91 Å². The number of amides is 1. The predicted molar refractivity (Wildman–Crippen MR) is 125 cm³/mol. The molecule has 3 N–H and O–H groups in total. The van der Waals surface area contributed by atoms with Gasteiger partial charge in [-0.2, -0.15) is 5.10 Å². The molecular formula is C20H31IN6O. The summed E-state index contributed by atoms with van der Waals surface area (Å²) in [5, 5.41) is 14.0. The van der Waals surface area contributed by atoms with E-state index >= 15 is 0 Å². The molecule has 1 aromatic carbocycles. The number of rotatable bonds is 6. The first kappa shape index (κ1) is 23.9. The van der Waals surface area contributed by atoms with Gasteiger partial charge in [0.05, 0.1) is 5.69 Å². The van der Waals surface area contributed by atoms with Gasteiger partial charge in [-0.05, 0) is 31.5 Å². The molecule has 154 valence electrons. The van der Waals surface area contributed by atoms with Crippen LogP contribution in [-0.4, -0.2) is 28.7 Å². The molecule has 8 heteroatoms. The highest BCUT2D eigenvalue weighted by atomic mass is 127. The molecule has 0 saturated heterocycles. The van der Waals surface area contributed by atoms with Gasteiger partial charge in [0.25, 0.3) is 0 Å². The minimum absolute atomic E-state index is 0. The number of anilines is 1. The Bertz CT molecular complexity index is 811. The monoisotopic (exact) mass is 498 g/mol. The van der Waals surface area contributed by atoms with Crippen molar-refractivity contribution in [1.29, 1.82) is 0 Å². The minimum atomic E-state index is -0.0344. The first-order chi connectivity index (χ1) is 12.8. The summed E-state index contributed by atoms with van der Waals surface area (Å²) in [5.41, 5.74) is 5.27. The average Bonchev–Trinajstić information content (AvgIpc) is 2.88. The third kappa shape index (κ3) is 6.50. The summed E-state index contributed by atoms with van der Waals surface area (Å²) in [7, 11) is 3.70. The highest BCUT2D eigenvalue weighted by Gasteiger charge is 2.10. The second kappa shape index (κ2) is 11.0. The summed E-state index contributed by atoms with van der Waals surface area (Å²) in [6.07, 6.45) is 0. The van der Waals surface area contributed by atoms with Crippen LogP contribution >= 0.6 is 24.0 Å². The van der Waals surface area contributed by atoms with Crippen molar-refractivity contribution in [3.63, 3.8) is 0 Å². The van der Waals surface area contributed by atoms with Gasteiger partial charge >= 0.3 is 0 Å². The zero-order valence-electron chi connectivity index (χ0n) is 17.5. The Morgan fingerprint density at radius 3 is 2.25 bits per heavy atom.